The summed E-state index contributed by atoms with van der Waals surface area (Å²) in [7, 11) is 0. The Hall–Kier alpha value is -2.18. The first-order chi connectivity index (χ1) is 10.2. The number of nitrogens with one attached hydrogen (secondary N) is 2. The summed E-state index contributed by atoms with van der Waals surface area (Å²) < 4.78 is 0. The first kappa shape index (κ1) is 13.8. The normalized spacial score (nSPS) is 19.5. The molecule has 6 heteroatoms. The van der Waals surface area contributed by atoms with Crippen LogP contribution in [0.2, 0.25) is 0 Å². The highest BCUT2D eigenvalue weighted by atomic mass is 16.2. The molecule has 0 bridgehead atoms. The molecule has 1 aromatic heterocycles. The Balaban J connectivity index is 1.93. The van der Waals surface area contributed by atoms with Gasteiger partial charge < -0.3 is 10.7 Å². The lowest BCUT2D eigenvalue weighted by atomic mass is 10.1. The van der Waals surface area contributed by atoms with Gasteiger partial charge in [0.2, 0.25) is 5.91 Å². The number of piperazine rings is 1. The molecule has 2 aromatic rings. The van der Waals surface area contributed by atoms with Gasteiger partial charge in [0.1, 0.15) is 5.82 Å². The first-order valence-corrected chi connectivity index (χ1v) is 7.06. The molecule has 110 valence electrons. The van der Waals surface area contributed by atoms with Crippen LogP contribution in [-0.2, 0) is 11.3 Å². The number of anilines is 1. The van der Waals surface area contributed by atoms with E-state index in [9.17, 15) is 4.79 Å². The number of benzene rings is 1. The molecule has 0 aliphatic carbocycles. The molecule has 4 N–H and O–H groups in total. The van der Waals surface area contributed by atoms with E-state index in [0.29, 0.717) is 18.9 Å². The van der Waals surface area contributed by atoms with Crippen LogP contribution in [0.3, 0.4) is 0 Å². The van der Waals surface area contributed by atoms with Crippen molar-refractivity contribution < 1.29 is 4.79 Å². The van der Waals surface area contributed by atoms with Crippen LogP contribution in [0.15, 0.2) is 30.3 Å². The van der Waals surface area contributed by atoms with Gasteiger partial charge in [-0.05, 0) is 19.1 Å². The number of carbonyl (C=O) groups is 1. The minimum Gasteiger partial charge on any atom is -0.353 e. The Kier molecular flexibility index (Phi) is 3.72. The lowest BCUT2D eigenvalue weighted by Crippen LogP contribution is -2.53. The number of aromatic nitrogens is 1. The van der Waals surface area contributed by atoms with Crippen LogP contribution in [0.5, 0.6) is 0 Å². The van der Waals surface area contributed by atoms with Crippen LogP contribution in [0.4, 0.5) is 5.82 Å². The summed E-state index contributed by atoms with van der Waals surface area (Å²) in [4.78, 5) is 18.4. The number of carbonyl (C=O) groups excluding carboxylic acids is 1. The van der Waals surface area contributed by atoms with Gasteiger partial charge >= 0.3 is 0 Å². The molecule has 1 atom stereocenters. The minimum atomic E-state index is -0.143. The fraction of sp³-hybridized carbons (Fsp3) is 0.333. The molecule has 0 saturated carbocycles. The third-order valence-corrected chi connectivity index (χ3v) is 3.94. The molecule has 3 rings (SSSR count). The van der Waals surface area contributed by atoms with Crippen LogP contribution < -0.4 is 16.6 Å². The van der Waals surface area contributed by atoms with Crippen LogP contribution in [0, 0.1) is 0 Å². The van der Waals surface area contributed by atoms with E-state index in [-0.39, 0.29) is 11.9 Å². The molecule has 1 aliphatic heterocycles. The Morgan fingerprint density at radius 2 is 2.29 bits per heavy atom. The molecule has 21 heavy (non-hydrogen) atoms. The third kappa shape index (κ3) is 2.68. The van der Waals surface area contributed by atoms with E-state index in [2.05, 4.69) is 26.7 Å². The average Bonchev–Trinajstić information content (AvgIpc) is 2.51. The number of hydrogen-bond acceptors (Lipinski definition) is 5. The first-order valence-electron chi connectivity index (χ1n) is 7.06. The number of rotatable bonds is 3. The Morgan fingerprint density at radius 3 is 3.10 bits per heavy atom. The van der Waals surface area contributed by atoms with E-state index < -0.39 is 0 Å². The topological polar surface area (TPSA) is 83.3 Å². The van der Waals surface area contributed by atoms with Gasteiger partial charge in [-0.3, -0.25) is 9.69 Å². The van der Waals surface area contributed by atoms with E-state index in [4.69, 9.17) is 5.84 Å². The molecule has 1 unspecified atom stereocenters. The number of fused-ring (bicyclic) bond motifs is 1. The maximum Gasteiger partial charge on any atom is 0.237 e. The molecule has 0 spiro atoms. The van der Waals surface area contributed by atoms with Gasteiger partial charge in [-0.1, -0.05) is 18.2 Å². The number of para-hydroxylation sites is 1. The fourth-order valence-corrected chi connectivity index (χ4v) is 2.67. The second-order valence-electron chi connectivity index (χ2n) is 5.27. The quantitative estimate of drug-likeness (QED) is 0.575. The van der Waals surface area contributed by atoms with E-state index in [1.807, 2.05) is 31.2 Å². The monoisotopic (exact) mass is 285 g/mol. The minimum absolute atomic E-state index is 0.0669. The largest absolute Gasteiger partial charge is 0.353 e. The molecular formula is C15H19N5O. The molecule has 0 radical (unpaired) electrons. The van der Waals surface area contributed by atoms with Crippen molar-refractivity contribution in [2.75, 3.05) is 18.5 Å². The Morgan fingerprint density at radius 1 is 1.48 bits per heavy atom. The lowest BCUT2D eigenvalue weighted by molar-refractivity contribution is -0.128. The van der Waals surface area contributed by atoms with Crippen molar-refractivity contribution >= 4 is 22.6 Å². The van der Waals surface area contributed by atoms with Crippen LogP contribution in [0.1, 0.15) is 12.5 Å². The second-order valence-corrected chi connectivity index (χ2v) is 5.27. The second kappa shape index (κ2) is 5.67. The highest BCUT2D eigenvalue weighted by Gasteiger charge is 2.26. The SMILES string of the molecule is CC1C(=O)NCCN1Cc1cc2ccccc2nc1NN. The van der Waals surface area contributed by atoms with Crippen molar-refractivity contribution in [3.63, 3.8) is 0 Å². The van der Waals surface area contributed by atoms with Gasteiger partial charge in [-0.25, -0.2) is 10.8 Å². The van der Waals surface area contributed by atoms with E-state index >= 15 is 0 Å². The molecular weight excluding hydrogens is 266 g/mol. The Bertz CT molecular complexity index is 672. The molecule has 2 heterocycles. The molecule has 1 fully saturated rings. The third-order valence-electron chi connectivity index (χ3n) is 3.94. The van der Waals surface area contributed by atoms with Crippen LogP contribution in [0.25, 0.3) is 10.9 Å². The highest BCUT2D eigenvalue weighted by Crippen LogP contribution is 2.22. The molecule has 6 nitrogen and oxygen atoms in total. The van der Waals surface area contributed by atoms with Gasteiger partial charge in [0, 0.05) is 30.6 Å². The average molecular weight is 285 g/mol. The smallest absolute Gasteiger partial charge is 0.237 e. The van der Waals surface area contributed by atoms with Crippen molar-refractivity contribution in [1.82, 2.24) is 15.2 Å². The number of hydrazine groups is 1. The predicted molar refractivity (Wildman–Crippen MR) is 82.4 cm³/mol. The van der Waals surface area contributed by atoms with E-state index in [1.54, 1.807) is 0 Å². The van der Waals surface area contributed by atoms with Crippen molar-refractivity contribution in [3.05, 3.63) is 35.9 Å². The number of amides is 1. The van der Waals surface area contributed by atoms with Crippen molar-refractivity contribution in [1.29, 1.82) is 0 Å². The molecule has 1 amide bonds. The lowest BCUT2D eigenvalue weighted by Gasteiger charge is -2.33. The van der Waals surface area contributed by atoms with Gasteiger partial charge in [-0.15, -0.1) is 0 Å². The van der Waals surface area contributed by atoms with Crippen molar-refractivity contribution in [3.8, 4) is 0 Å². The molecule has 1 aromatic carbocycles. The van der Waals surface area contributed by atoms with E-state index in [0.717, 1.165) is 23.0 Å². The maximum atomic E-state index is 11.8. The zero-order chi connectivity index (χ0) is 14.8. The van der Waals surface area contributed by atoms with Crippen LogP contribution >= 0.6 is 0 Å². The summed E-state index contributed by atoms with van der Waals surface area (Å²) in [5, 5.41) is 3.94. The Labute approximate surface area is 123 Å². The summed E-state index contributed by atoms with van der Waals surface area (Å²) in [5.74, 6) is 6.32. The number of nitrogens with two attached hydrogens (primary N) is 1. The standard InChI is InChI=1S/C15H19N5O/c1-10-15(21)17-6-7-20(10)9-12-8-11-4-2-3-5-13(11)18-14(12)19-16/h2-5,8,10H,6-7,9,16H2,1H3,(H,17,21)(H,18,19). The van der Waals surface area contributed by atoms with Gasteiger partial charge in [0.15, 0.2) is 0 Å². The van der Waals surface area contributed by atoms with Gasteiger partial charge in [0.05, 0.1) is 11.6 Å². The maximum absolute atomic E-state index is 11.8. The zero-order valence-electron chi connectivity index (χ0n) is 12.0. The molecule has 1 saturated heterocycles. The van der Waals surface area contributed by atoms with Crippen LogP contribution in [-0.4, -0.2) is 34.9 Å². The molecule has 1 aliphatic rings. The number of pyridine rings is 1. The summed E-state index contributed by atoms with van der Waals surface area (Å²) in [6, 6.07) is 9.86. The van der Waals surface area contributed by atoms with Crippen molar-refractivity contribution in [2.45, 2.75) is 19.5 Å². The van der Waals surface area contributed by atoms with Gasteiger partial charge in [-0.2, -0.15) is 0 Å². The summed E-state index contributed by atoms with van der Waals surface area (Å²) in [6.07, 6.45) is 0. The predicted octanol–water partition coefficient (Wildman–Crippen LogP) is 0.841. The summed E-state index contributed by atoms with van der Waals surface area (Å²) in [5.41, 5.74) is 4.56. The zero-order valence-corrected chi connectivity index (χ0v) is 12.0. The summed E-state index contributed by atoms with van der Waals surface area (Å²) in [6.45, 7) is 4.06. The number of nitrogens with zero attached hydrogens (tertiary/aromatic N) is 2. The number of hydrogen-bond donors (Lipinski definition) is 3. The van der Waals surface area contributed by atoms with Crippen molar-refractivity contribution in [2.24, 2.45) is 5.84 Å². The van der Waals surface area contributed by atoms with E-state index in [1.165, 1.54) is 0 Å². The fourth-order valence-electron chi connectivity index (χ4n) is 2.67. The summed E-state index contributed by atoms with van der Waals surface area (Å²) >= 11 is 0. The number of nitrogen functional groups attached to an aromatic ring is 1. The highest BCUT2D eigenvalue weighted by molar-refractivity contribution is 5.83. The van der Waals surface area contributed by atoms with Gasteiger partial charge in [0.25, 0.3) is 0 Å².